The lowest BCUT2D eigenvalue weighted by molar-refractivity contribution is 0.414. The summed E-state index contributed by atoms with van der Waals surface area (Å²) in [5.74, 6) is 1.70. The van der Waals surface area contributed by atoms with Crippen molar-refractivity contribution in [2.75, 3.05) is 27.0 Å². The quantitative estimate of drug-likeness (QED) is 0.460. The van der Waals surface area contributed by atoms with Crippen molar-refractivity contribution < 1.29 is 4.74 Å². The Balaban J connectivity index is 1.75. The molecular weight excluding hydrogens is 318 g/mol. The number of guanidine groups is 1. The van der Waals surface area contributed by atoms with Crippen molar-refractivity contribution in [2.24, 2.45) is 4.99 Å². The molecule has 2 N–H and O–H groups in total. The molecule has 128 valence electrons. The van der Waals surface area contributed by atoms with Crippen LogP contribution in [0.25, 0.3) is 0 Å². The van der Waals surface area contributed by atoms with Gasteiger partial charge in [-0.2, -0.15) is 0 Å². The molecule has 24 heavy (non-hydrogen) atoms. The monoisotopic (exact) mass is 343 g/mol. The summed E-state index contributed by atoms with van der Waals surface area (Å²) in [4.78, 5) is 5.54. The smallest absolute Gasteiger partial charge is 0.191 e. The van der Waals surface area contributed by atoms with E-state index >= 15 is 0 Å². The zero-order chi connectivity index (χ0) is 17.2. The Morgan fingerprint density at radius 2 is 1.67 bits per heavy atom. The van der Waals surface area contributed by atoms with Crippen molar-refractivity contribution in [3.63, 3.8) is 0 Å². The zero-order valence-electron chi connectivity index (χ0n) is 14.5. The van der Waals surface area contributed by atoms with E-state index in [1.807, 2.05) is 12.1 Å². The fourth-order valence-corrected chi connectivity index (χ4v) is 2.68. The van der Waals surface area contributed by atoms with Gasteiger partial charge < -0.3 is 15.4 Å². The van der Waals surface area contributed by atoms with Gasteiger partial charge in [0, 0.05) is 25.0 Å². The van der Waals surface area contributed by atoms with Gasteiger partial charge in [-0.3, -0.25) is 4.99 Å². The highest BCUT2D eigenvalue weighted by molar-refractivity contribution is 7.98. The first-order valence-corrected chi connectivity index (χ1v) is 9.18. The Bertz CT molecular complexity index is 639. The molecular formula is C19H25N3OS. The lowest BCUT2D eigenvalue weighted by Gasteiger charge is -2.12. The molecule has 0 bridgehead atoms. The Kier molecular flexibility index (Phi) is 7.49. The molecule has 2 aromatic carbocycles. The summed E-state index contributed by atoms with van der Waals surface area (Å²) in [7, 11) is 3.47. The molecule has 0 saturated carbocycles. The normalized spacial score (nSPS) is 11.2. The van der Waals surface area contributed by atoms with Crippen LogP contribution in [0.1, 0.15) is 11.1 Å². The fourth-order valence-electron chi connectivity index (χ4n) is 2.27. The number of benzene rings is 2. The van der Waals surface area contributed by atoms with E-state index < -0.39 is 0 Å². The molecule has 2 aromatic rings. The molecule has 0 fully saturated rings. The summed E-state index contributed by atoms with van der Waals surface area (Å²) in [6.07, 6.45) is 3.02. The van der Waals surface area contributed by atoms with Crippen LogP contribution in [0.15, 0.2) is 58.4 Å². The van der Waals surface area contributed by atoms with Gasteiger partial charge in [0.25, 0.3) is 0 Å². The molecule has 0 aliphatic carbocycles. The average molecular weight is 343 g/mol. The highest BCUT2D eigenvalue weighted by atomic mass is 32.2. The van der Waals surface area contributed by atoms with Gasteiger partial charge in [0.15, 0.2) is 5.96 Å². The molecule has 0 aromatic heterocycles. The number of nitrogens with one attached hydrogen (secondary N) is 2. The molecule has 0 unspecified atom stereocenters. The van der Waals surface area contributed by atoms with Gasteiger partial charge in [-0.05, 0) is 48.1 Å². The van der Waals surface area contributed by atoms with Gasteiger partial charge >= 0.3 is 0 Å². The van der Waals surface area contributed by atoms with E-state index in [2.05, 4.69) is 58.3 Å². The van der Waals surface area contributed by atoms with Crippen molar-refractivity contribution in [1.29, 1.82) is 0 Å². The maximum Gasteiger partial charge on any atom is 0.191 e. The number of rotatable bonds is 7. The van der Waals surface area contributed by atoms with Crippen LogP contribution in [0, 0.1) is 0 Å². The Labute approximate surface area is 148 Å². The number of nitrogens with zero attached hydrogens (tertiary/aromatic N) is 1. The molecule has 0 spiro atoms. The number of methoxy groups -OCH3 is 1. The Hall–Kier alpha value is -2.14. The second-order valence-corrected chi connectivity index (χ2v) is 6.18. The van der Waals surface area contributed by atoms with Crippen molar-refractivity contribution in [3.05, 3.63) is 59.7 Å². The first-order valence-electron chi connectivity index (χ1n) is 7.95. The first-order chi connectivity index (χ1) is 11.7. The van der Waals surface area contributed by atoms with E-state index in [0.717, 1.165) is 31.2 Å². The van der Waals surface area contributed by atoms with Gasteiger partial charge in [0.1, 0.15) is 5.75 Å². The van der Waals surface area contributed by atoms with E-state index in [1.54, 1.807) is 25.9 Å². The van der Waals surface area contributed by atoms with E-state index in [1.165, 1.54) is 16.0 Å². The van der Waals surface area contributed by atoms with E-state index in [0.29, 0.717) is 0 Å². The molecule has 0 aliphatic rings. The van der Waals surface area contributed by atoms with Crippen LogP contribution < -0.4 is 15.4 Å². The molecule has 5 heteroatoms. The van der Waals surface area contributed by atoms with Crippen LogP contribution in [0.2, 0.25) is 0 Å². The highest BCUT2D eigenvalue weighted by Gasteiger charge is 2.00. The van der Waals surface area contributed by atoms with Crippen molar-refractivity contribution in [3.8, 4) is 5.75 Å². The lowest BCUT2D eigenvalue weighted by Crippen LogP contribution is -2.37. The predicted octanol–water partition coefficient (Wildman–Crippen LogP) is 3.32. The standard InChI is InChI=1S/C19H25N3OS/c1-20-19(22-14-16-6-10-18(24-3)11-7-16)21-13-12-15-4-8-17(23-2)9-5-15/h4-11H,12-14H2,1-3H3,(H2,20,21,22). The van der Waals surface area contributed by atoms with Crippen molar-refractivity contribution >= 4 is 17.7 Å². The molecule has 0 saturated heterocycles. The lowest BCUT2D eigenvalue weighted by atomic mass is 10.1. The third-order valence-electron chi connectivity index (χ3n) is 3.71. The summed E-state index contributed by atoms with van der Waals surface area (Å²) in [6.45, 7) is 1.59. The third-order valence-corrected chi connectivity index (χ3v) is 4.45. The van der Waals surface area contributed by atoms with Crippen LogP contribution in [0.5, 0.6) is 5.75 Å². The average Bonchev–Trinajstić information content (AvgIpc) is 2.65. The molecule has 4 nitrogen and oxygen atoms in total. The van der Waals surface area contributed by atoms with Crippen molar-refractivity contribution in [2.45, 2.75) is 17.9 Å². The summed E-state index contributed by atoms with van der Waals surface area (Å²) < 4.78 is 5.17. The van der Waals surface area contributed by atoms with Gasteiger partial charge in [0.05, 0.1) is 7.11 Å². The predicted molar refractivity (Wildman–Crippen MR) is 103 cm³/mol. The minimum Gasteiger partial charge on any atom is -0.497 e. The number of ether oxygens (including phenoxy) is 1. The number of thioether (sulfide) groups is 1. The Morgan fingerprint density at radius 1 is 1.00 bits per heavy atom. The van der Waals surface area contributed by atoms with Crippen LogP contribution >= 0.6 is 11.8 Å². The zero-order valence-corrected chi connectivity index (χ0v) is 15.3. The molecule has 2 rings (SSSR count). The maximum absolute atomic E-state index is 5.17. The molecule has 0 heterocycles. The van der Waals surface area contributed by atoms with Crippen LogP contribution in [0.3, 0.4) is 0 Å². The minimum atomic E-state index is 0.761. The number of aliphatic imine (C=N–C) groups is 1. The van der Waals surface area contributed by atoms with Crippen LogP contribution in [-0.4, -0.2) is 32.9 Å². The fraction of sp³-hybridized carbons (Fsp3) is 0.316. The third kappa shape index (κ3) is 5.81. The van der Waals surface area contributed by atoms with Gasteiger partial charge in [-0.1, -0.05) is 24.3 Å². The minimum absolute atomic E-state index is 0.761. The molecule has 0 aliphatic heterocycles. The topological polar surface area (TPSA) is 45.7 Å². The summed E-state index contributed by atoms with van der Waals surface area (Å²) in [5, 5.41) is 6.68. The van der Waals surface area contributed by atoms with E-state index in [-0.39, 0.29) is 0 Å². The van der Waals surface area contributed by atoms with E-state index in [9.17, 15) is 0 Å². The molecule has 0 atom stereocenters. The summed E-state index contributed by atoms with van der Waals surface area (Å²) in [5.41, 5.74) is 2.51. The number of hydrogen-bond acceptors (Lipinski definition) is 3. The SMILES string of the molecule is CN=C(NCCc1ccc(OC)cc1)NCc1ccc(SC)cc1. The van der Waals surface area contributed by atoms with Crippen molar-refractivity contribution in [1.82, 2.24) is 10.6 Å². The largest absolute Gasteiger partial charge is 0.497 e. The summed E-state index contributed by atoms with van der Waals surface area (Å²) in [6, 6.07) is 16.7. The van der Waals surface area contributed by atoms with Crippen LogP contribution in [-0.2, 0) is 13.0 Å². The summed E-state index contributed by atoms with van der Waals surface area (Å²) >= 11 is 1.75. The van der Waals surface area contributed by atoms with Gasteiger partial charge in [-0.15, -0.1) is 11.8 Å². The first kappa shape index (κ1) is 18.2. The molecule has 0 radical (unpaired) electrons. The molecule has 0 amide bonds. The van der Waals surface area contributed by atoms with Gasteiger partial charge in [0.2, 0.25) is 0 Å². The number of hydrogen-bond donors (Lipinski definition) is 2. The van der Waals surface area contributed by atoms with E-state index in [4.69, 9.17) is 4.74 Å². The highest BCUT2D eigenvalue weighted by Crippen LogP contribution is 2.14. The second kappa shape index (κ2) is 9.88. The second-order valence-electron chi connectivity index (χ2n) is 5.30. The maximum atomic E-state index is 5.17. The van der Waals surface area contributed by atoms with Gasteiger partial charge in [-0.25, -0.2) is 0 Å². The Morgan fingerprint density at radius 3 is 2.25 bits per heavy atom. The van der Waals surface area contributed by atoms with Crippen LogP contribution in [0.4, 0.5) is 0 Å².